The molecule has 2 heterocycles. The lowest BCUT2D eigenvalue weighted by Gasteiger charge is -2.04. The second kappa shape index (κ2) is 5.22. The highest BCUT2D eigenvalue weighted by atomic mass is 35.5. The molecule has 1 aromatic carbocycles. The molecular formula is C13H11ClN4OS. The summed E-state index contributed by atoms with van der Waals surface area (Å²) in [6.07, 6.45) is 0. The van der Waals surface area contributed by atoms with E-state index in [4.69, 9.17) is 16.3 Å². The van der Waals surface area contributed by atoms with Gasteiger partial charge in [0, 0.05) is 16.6 Å². The molecule has 5 nitrogen and oxygen atoms in total. The van der Waals surface area contributed by atoms with Gasteiger partial charge in [0.05, 0.1) is 12.1 Å². The summed E-state index contributed by atoms with van der Waals surface area (Å²) in [5, 5.41) is 14.4. The predicted molar refractivity (Wildman–Crippen MR) is 79.2 cm³/mol. The number of rotatable bonds is 3. The molecule has 3 rings (SSSR count). The number of ether oxygens (including phenoxy) is 1. The van der Waals surface area contributed by atoms with E-state index >= 15 is 0 Å². The largest absolute Gasteiger partial charge is 0.495 e. The lowest BCUT2D eigenvalue weighted by atomic mass is 10.1. The summed E-state index contributed by atoms with van der Waals surface area (Å²) in [5.74, 6) is 0.630. The van der Waals surface area contributed by atoms with Crippen LogP contribution in [0.3, 0.4) is 0 Å². The number of thiazole rings is 1. The van der Waals surface area contributed by atoms with Gasteiger partial charge in [0.1, 0.15) is 22.1 Å². The second-order valence-corrected chi connectivity index (χ2v) is 5.43. The van der Waals surface area contributed by atoms with Gasteiger partial charge in [0.15, 0.2) is 0 Å². The Balaban J connectivity index is 2.07. The molecule has 102 valence electrons. The van der Waals surface area contributed by atoms with E-state index in [0.717, 1.165) is 27.7 Å². The normalized spacial score (nSPS) is 10.8. The van der Waals surface area contributed by atoms with Gasteiger partial charge in [0.25, 0.3) is 0 Å². The molecule has 0 fully saturated rings. The third-order valence-electron chi connectivity index (χ3n) is 2.79. The molecule has 0 saturated heterocycles. The van der Waals surface area contributed by atoms with Crippen molar-refractivity contribution in [2.45, 2.75) is 6.92 Å². The fourth-order valence-electron chi connectivity index (χ4n) is 1.86. The SMILES string of the molecule is COc1ccc(-c2n[nH]nc2-c2nc(C)cs2)cc1Cl. The molecule has 3 aromatic rings. The van der Waals surface area contributed by atoms with Crippen molar-refractivity contribution < 1.29 is 4.74 Å². The van der Waals surface area contributed by atoms with Gasteiger partial charge in [-0.3, -0.25) is 0 Å². The third-order valence-corrected chi connectivity index (χ3v) is 4.06. The van der Waals surface area contributed by atoms with Crippen LogP contribution in [0.2, 0.25) is 5.02 Å². The van der Waals surface area contributed by atoms with Gasteiger partial charge in [0.2, 0.25) is 0 Å². The van der Waals surface area contributed by atoms with Crippen LogP contribution in [-0.4, -0.2) is 27.5 Å². The van der Waals surface area contributed by atoms with Crippen LogP contribution in [0.15, 0.2) is 23.6 Å². The van der Waals surface area contributed by atoms with Crippen molar-refractivity contribution in [3.8, 4) is 27.7 Å². The molecular weight excluding hydrogens is 296 g/mol. The van der Waals surface area contributed by atoms with Crippen LogP contribution in [-0.2, 0) is 0 Å². The van der Waals surface area contributed by atoms with Crippen molar-refractivity contribution in [2.24, 2.45) is 0 Å². The Bertz CT molecular complexity index is 752. The first-order chi connectivity index (χ1) is 9.69. The average molecular weight is 307 g/mol. The Morgan fingerprint density at radius 3 is 2.70 bits per heavy atom. The number of nitrogens with one attached hydrogen (secondary N) is 1. The minimum absolute atomic E-state index is 0.536. The first-order valence-corrected chi connectivity index (χ1v) is 7.12. The standard InChI is InChI=1S/C13H11ClN4OS/c1-7-6-20-13(15-7)12-11(16-18-17-12)8-3-4-10(19-2)9(14)5-8/h3-6H,1-2H3,(H,16,17,18). The molecule has 1 N–H and O–H groups in total. The van der Waals surface area contributed by atoms with Gasteiger partial charge in [-0.1, -0.05) is 11.6 Å². The molecule has 2 aromatic heterocycles. The number of aromatic amines is 1. The van der Waals surface area contributed by atoms with Crippen molar-refractivity contribution in [3.05, 3.63) is 34.3 Å². The summed E-state index contributed by atoms with van der Waals surface area (Å²) in [4.78, 5) is 4.43. The Labute approximate surface area is 124 Å². The second-order valence-electron chi connectivity index (χ2n) is 4.16. The number of aromatic nitrogens is 4. The summed E-state index contributed by atoms with van der Waals surface area (Å²) < 4.78 is 5.15. The number of halogens is 1. The molecule has 0 saturated carbocycles. The maximum atomic E-state index is 6.15. The first-order valence-electron chi connectivity index (χ1n) is 5.86. The molecule has 0 spiro atoms. The quantitative estimate of drug-likeness (QED) is 0.803. The van der Waals surface area contributed by atoms with E-state index in [1.165, 1.54) is 11.3 Å². The van der Waals surface area contributed by atoms with Crippen LogP contribution < -0.4 is 4.74 Å². The molecule has 0 aliphatic carbocycles. The average Bonchev–Trinajstić information content (AvgIpc) is 3.06. The number of nitrogens with zero attached hydrogens (tertiary/aromatic N) is 3. The van der Waals surface area contributed by atoms with Crippen LogP contribution in [0.1, 0.15) is 5.69 Å². The molecule has 7 heteroatoms. The van der Waals surface area contributed by atoms with Crippen molar-refractivity contribution >= 4 is 22.9 Å². The monoisotopic (exact) mass is 306 g/mol. The molecule has 0 radical (unpaired) electrons. The van der Waals surface area contributed by atoms with Crippen LogP contribution in [0.5, 0.6) is 5.75 Å². The molecule has 0 atom stereocenters. The molecule has 0 unspecified atom stereocenters. The number of aryl methyl sites for hydroxylation is 1. The molecule has 0 aliphatic rings. The number of H-pyrrole nitrogens is 1. The summed E-state index contributed by atoms with van der Waals surface area (Å²) in [7, 11) is 1.58. The van der Waals surface area contributed by atoms with Crippen LogP contribution in [0, 0.1) is 6.92 Å². The minimum Gasteiger partial charge on any atom is -0.495 e. The smallest absolute Gasteiger partial charge is 0.149 e. The minimum atomic E-state index is 0.536. The highest BCUT2D eigenvalue weighted by molar-refractivity contribution is 7.13. The molecule has 0 bridgehead atoms. The van der Waals surface area contributed by atoms with Gasteiger partial charge in [-0.25, -0.2) is 4.98 Å². The van der Waals surface area contributed by atoms with Crippen molar-refractivity contribution in [1.82, 2.24) is 20.4 Å². The van der Waals surface area contributed by atoms with E-state index in [1.54, 1.807) is 7.11 Å². The van der Waals surface area contributed by atoms with E-state index in [1.807, 2.05) is 30.5 Å². The van der Waals surface area contributed by atoms with Gasteiger partial charge < -0.3 is 4.74 Å². The zero-order valence-corrected chi connectivity index (χ0v) is 12.4. The topological polar surface area (TPSA) is 63.7 Å². The first kappa shape index (κ1) is 13.1. The van der Waals surface area contributed by atoms with Crippen molar-refractivity contribution in [3.63, 3.8) is 0 Å². The summed E-state index contributed by atoms with van der Waals surface area (Å²) >= 11 is 7.69. The van der Waals surface area contributed by atoms with Gasteiger partial charge in [-0.05, 0) is 25.1 Å². The third kappa shape index (κ3) is 2.28. The van der Waals surface area contributed by atoms with Crippen LogP contribution in [0.25, 0.3) is 22.0 Å². The van der Waals surface area contributed by atoms with Crippen LogP contribution in [0.4, 0.5) is 0 Å². The van der Waals surface area contributed by atoms with E-state index in [2.05, 4.69) is 20.4 Å². The van der Waals surface area contributed by atoms with Crippen molar-refractivity contribution in [1.29, 1.82) is 0 Å². The molecule has 20 heavy (non-hydrogen) atoms. The number of hydrogen-bond donors (Lipinski definition) is 1. The van der Waals surface area contributed by atoms with Crippen LogP contribution >= 0.6 is 22.9 Å². The summed E-state index contributed by atoms with van der Waals surface area (Å²) in [5.41, 5.74) is 3.28. The Morgan fingerprint density at radius 2 is 2.05 bits per heavy atom. The maximum absolute atomic E-state index is 6.15. The Morgan fingerprint density at radius 1 is 1.25 bits per heavy atom. The maximum Gasteiger partial charge on any atom is 0.149 e. The fourth-order valence-corrected chi connectivity index (χ4v) is 2.90. The fraction of sp³-hybridized carbons (Fsp3) is 0.154. The van der Waals surface area contributed by atoms with E-state index in [9.17, 15) is 0 Å². The van der Waals surface area contributed by atoms with E-state index < -0.39 is 0 Å². The highest BCUT2D eigenvalue weighted by Gasteiger charge is 2.16. The Hall–Kier alpha value is -1.92. The lowest BCUT2D eigenvalue weighted by Crippen LogP contribution is -1.87. The van der Waals surface area contributed by atoms with E-state index in [0.29, 0.717) is 10.8 Å². The number of hydrogen-bond acceptors (Lipinski definition) is 5. The molecule has 0 amide bonds. The predicted octanol–water partition coefficient (Wildman–Crippen LogP) is 3.57. The van der Waals surface area contributed by atoms with E-state index in [-0.39, 0.29) is 0 Å². The zero-order chi connectivity index (χ0) is 14.1. The summed E-state index contributed by atoms with van der Waals surface area (Å²) in [6.45, 7) is 1.95. The van der Waals surface area contributed by atoms with Gasteiger partial charge in [-0.15, -0.1) is 11.3 Å². The number of methoxy groups -OCH3 is 1. The molecule has 0 aliphatic heterocycles. The van der Waals surface area contributed by atoms with Crippen molar-refractivity contribution in [2.75, 3.05) is 7.11 Å². The number of benzene rings is 1. The highest BCUT2D eigenvalue weighted by Crippen LogP contribution is 2.34. The zero-order valence-electron chi connectivity index (χ0n) is 10.8. The van der Waals surface area contributed by atoms with Gasteiger partial charge in [-0.2, -0.15) is 15.4 Å². The summed E-state index contributed by atoms with van der Waals surface area (Å²) in [6, 6.07) is 5.51. The van der Waals surface area contributed by atoms with Gasteiger partial charge >= 0.3 is 0 Å². The lowest BCUT2D eigenvalue weighted by molar-refractivity contribution is 0.415. The Kier molecular flexibility index (Phi) is 3.42.